The van der Waals surface area contributed by atoms with Crippen molar-refractivity contribution in [1.82, 2.24) is 30.8 Å². The maximum Gasteiger partial charge on any atom is 0.255 e. The van der Waals surface area contributed by atoms with Crippen LogP contribution in [0.2, 0.25) is 0 Å². The van der Waals surface area contributed by atoms with E-state index in [2.05, 4.69) is 25.9 Å². The van der Waals surface area contributed by atoms with Gasteiger partial charge in [0.2, 0.25) is 29.5 Å². The molecule has 3 rings (SSSR count). The molecule has 1 aromatic carbocycles. The predicted molar refractivity (Wildman–Crippen MR) is 148 cm³/mol. The summed E-state index contributed by atoms with van der Waals surface area (Å²) in [6, 6.07) is 4.61. The molecular formula is C25H35N9O7S. The maximum absolute atomic E-state index is 13.7. The second-order valence-corrected chi connectivity index (χ2v) is 11.4. The molecule has 1 aliphatic heterocycles. The highest BCUT2D eigenvalue weighted by molar-refractivity contribution is 7.89. The van der Waals surface area contributed by atoms with Crippen LogP contribution in [0.25, 0.3) is 0 Å². The molecule has 0 saturated carbocycles. The monoisotopic (exact) mass is 605 g/mol. The average molecular weight is 606 g/mol. The lowest BCUT2D eigenvalue weighted by Gasteiger charge is -2.30. The van der Waals surface area contributed by atoms with Crippen LogP contribution >= 0.6 is 0 Å². The minimum Gasteiger partial charge on any atom is -0.368 e. The number of H-pyrrole nitrogens is 1. The number of primary amides is 1. The summed E-state index contributed by atoms with van der Waals surface area (Å²) in [5.74, 6) is -3.23. The third-order valence-corrected chi connectivity index (χ3v) is 7.35. The SMILES string of the molecule is C[C@H](N)C(=O)N[C@@H](Cc1ncc(S(N)(=O)=O)[nH]1)C(=O)N1CCC[C@H]1C(=O)N[C@@H](Cc1ccccc1)C(=O)NCC(N)=O. The van der Waals surface area contributed by atoms with Gasteiger partial charge in [-0.1, -0.05) is 30.3 Å². The second kappa shape index (κ2) is 14.0. The Morgan fingerprint density at radius 2 is 1.76 bits per heavy atom. The van der Waals surface area contributed by atoms with Gasteiger partial charge >= 0.3 is 0 Å². The summed E-state index contributed by atoms with van der Waals surface area (Å²) in [4.78, 5) is 71.4. The van der Waals surface area contributed by atoms with Gasteiger partial charge in [0, 0.05) is 19.4 Å². The van der Waals surface area contributed by atoms with E-state index in [4.69, 9.17) is 16.6 Å². The lowest BCUT2D eigenvalue weighted by molar-refractivity contribution is -0.142. The van der Waals surface area contributed by atoms with Crippen molar-refractivity contribution in [2.45, 2.75) is 61.8 Å². The molecule has 5 amide bonds. The van der Waals surface area contributed by atoms with Crippen molar-refractivity contribution in [3.63, 3.8) is 0 Å². The molecule has 4 atom stereocenters. The Hall–Kier alpha value is -4.35. The quantitative estimate of drug-likeness (QED) is 0.121. The fourth-order valence-corrected chi connectivity index (χ4v) is 4.88. The number of imidazole rings is 1. The molecule has 1 aliphatic rings. The first-order chi connectivity index (χ1) is 19.8. The predicted octanol–water partition coefficient (Wildman–Crippen LogP) is -3.25. The van der Waals surface area contributed by atoms with Crippen molar-refractivity contribution in [1.29, 1.82) is 0 Å². The van der Waals surface area contributed by atoms with Crippen molar-refractivity contribution < 1.29 is 32.4 Å². The fourth-order valence-electron chi connectivity index (χ4n) is 4.42. The van der Waals surface area contributed by atoms with Crippen LogP contribution < -0.4 is 32.6 Å². The van der Waals surface area contributed by atoms with Crippen LogP contribution in [0.3, 0.4) is 0 Å². The van der Waals surface area contributed by atoms with Gasteiger partial charge in [-0.25, -0.2) is 18.5 Å². The van der Waals surface area contributed by atoms with Crippen LogP contribution in [0.4, 0.5) is 0 Å². The number of amides is 5. The topological polar surface area (TPSA) is 266 Å². The number of aromatic nitrogens is 2. The Morgan fingerprint density at radius 3 is 2.36 bits per heavy atom. The van der Waals surface area contributed by atoms with E-state index in [0.717, 1.165) is 11.8 Å². The number of sulfonamides is 1. The van der Waals surface area contributed by atoms with E-state index in [1.807, 2.05) is 0 Å². The third-order valence-electron chi connectivity index (χ3n) is 6.53. The van der Waals surface area contributed by atoms with Crippen LogP contribution in [-0.2, 0) is 46.8 Å². The molecule has 16 nitrogen and oxygen atoms in total. The molecule has 0 aliphatic carbocycles. The molecular weight excluding hydrogens is 570 g/mol. The number of hydrogen-bond donors (Lipinski definition) is 7. The number of nitrogens with zero attached hydrogens (tertiary/aromatic N) is 2. The molecule has 2 heterocycles. The van der Waals surface area contributed by atoms with E-state index in [1.54, 1.807) is 30.3 Å². The average Bonchev–Trinajstić information content (AvgIpc) is 3.61. The molecule has 0 radical (unpaired) electrons. The standard InChI is InChI=1S/C25H35N9O7S/c1-14(26)22(36)32-17(11-20-29-13-21(33-20)42(28,40)41)25(39)34-9-5-8-18(34)24(38)31-16(23(37)30-12-19(27)35)10-15-6-3-2-4-7-15/h2-4,6-7,13-14,16-18H,5,8-12,26H2,1H3,(H2,27,35)(H,29,33)(H,30,37)(H,31,38)(H,32,36)(H2,28,40,41)/t14-,16-,17-,18-/m0/s1. The van der Waals surface area contributed by atoms with Crippen molar-refractivity contribution in [3.8, 4) is 0 Å². The lowest BCUT2D eigenvalue weighted by Crippen LogP contribution is -2.58. The summed E-state index contributed by atoms with van der Waals surface area (Å²) in [5.41, 5.74) is 11.6. The summed E-state index contributed by atoms with van der Waals surface area (Å²) in [6.45, 7) is 1.18. The number of hydrogen-bond acceptors (Lipinski definition) is 9. The molecule has 1 fully saturated rings. The van der Waals surface area contributed by atoms with Gasteiger partial charge in [-0.3, -0.25) is 24.0 Å². The summed E-state index contributed by atoms with van der Waals surface area (Å²) in [7, 11) is -4.09. The summed E-state index contributed by atoms with van der Waals surface area (Å²) in [5, 5.41) is 12.3. The zero-order valence-electron chi connectivity index (χ0n) is 22.9. The first-order valence-corrected chi connectivity index (χ1v) is 14.6. The number of likely N-dealkylation sites (tertiary alicyclic amines) is 1. The van der Waals surface area contributed by atoms with Gasteiger partial charge in [0.05, 0.1) is 18.8 Å². The molecule has 228 valence electrons. The van der Waals surface area contributed by atoms with E-state index in [1.165, 1.54) is 11.8 Å². The fraction of sp³-hybridized carbons (Fsp3) is 0.440. The van der Waals surface area contributed by atoms with Crippen LogP contribution in [0, 0.1) is 0 Å². The van der Waals surface area contributed by atoms with Gasteiger partial charge in [-0.05, 0) is 25.3 Å². The smallest absolute Gasteiger partial charge is 0.255 e. The highest BCUT2D eigenvalue weighted by Crippen LogP contribution is 2.20. The Labute approximate surface area is 242 Å². The first-order valence-electron chi connectivity index (χ1n) is 13.1. The molecule has 42 heavy (non-hydrogen) atoms. The molecule has 0 unspecified atom stereocenters. The largest absolute Gasteiger partial charge is 0.368 e. The Kier molecular flexibility index (Phi) is 10.7. The van der Waals surface area contributed by atoms with Crippen LogP contribution in [0.1, 0.15) is 31.2 Å². The maximum atomic E-state index is 13.7. The van der Waals surface area contributed by atoms with Gasteiger partial charge in [0.25, 0.3) is 10.0 Å². The molecule has 2 aromatic rings. The number of nitrogens with one attached hydrogen (secondary N) is 4. The number of aromatic amines is 1. The highest BCUT2D eigenvalue weighted by atomic mass is 32.2. The molecule has 1 aromatic heterocycles. The Bertz CT molecular complexity index is 1410. The van der Waals surface area contributed by atoms with Gasteiger partial charge in [0.1, 0.15) is 23.9 Å². The van der Waals surface area contributed by atoms with E-state index in [-0.39, 0.29) is 36.7 Å². The zero-order valence-corrected chi connectivity index (χ0v) is 23.7. The first kappa shape index (κ1) is 32.2. The van der Waals surface area contributed by atoms with Crippen molar-refractivity contribution in [2.24, 2.45) is 16.6 Å². The molecule has 0 bridgehead atoms. The summed E-state index contributed by atoms with van der Waals surface area (Å²) >= 11 is 0. The number of nitrogens with two attached hydrogens (primary N) is 3. The Balaban J connectivity index is 1.80. The minimum absolute atomic E-state index is 0.0524. The molecule has 0 spiro atoms. The zero-order chi connectivity index (χ0) is 31.0. The van der Waals surface area contributed by atoms with Gasteiger partial charge < -0.3 is 37.3 Å². The summed E-state index contributed by atoms with van der Waals surface area (Å²) < 4.78 is 23.3. The number of benzene rings is 1. The van der Waals surface area contributed by atoms with Crippen molar-refractivity contribution in [2.75, 3.05) is 13.1 Å². The van der Waals surface area contributed by atoms with Gasteiger partial charge in [0.15, 0.2) is 5.03 Å². The van der Waals surface area contributed by atoms with Gasteiger partial charge in [-0.15, -0.1) is 0 Å². The van der Waals surface area contributed by atoms with E-state index in [0.29, 0.717) is 6.42 Å². The summed E-state index contributed by atoms with van der Waals surface area (Å²) in [6.07, 6.45) is 1.59. The second-order valence-electron chi connectivity index (χ2n) is 9.92. The van der Waals surface area contributed by atoms with Crippen LogP contribution in [0.5, 0.6) is 0 Å². The van der Waals surface area contributed by atoms with Crippen LogP contribution in [0.15, 0.2) is 41.6 Å². The van der Waals surface area contributed by atoms with Crippen LogP contribution in [-0.4, -0.2) is 90.1 Å². The van der Waals surface area contributed by atoms with E-state index in [9.17, 15) is 32.4 Å². The highest BCUT2D eigenvalue weighted by Gasteiger charge is 2.39. The number of carbonyl (C=O) groups is 5. The molecule has 10 N–H and O–H groups in total. The van der Waals surface area contributed by atoms with E-state index >= 15 is 0 Å². The molecule has 17 heteroatoms. The molecule has 1 saturated heterocycles. The number of primary sulfonamides is 1. The normalized spacial score (nSPS) is 17.1. The van der Waals surface area contributed by atoms with E-state index < -0.39 is 70.3 Å². The van der Waals surface area contributed by atoms with Gasteiger partial charge in [-0.2, -0.15) is 0 Å². The number of rotatable bonds is 13. The number of carbonyl (C=O) groups excluding carboxylic acids is 5. The third kappa shape index (κ3) is 8.82. The van der Waals surface area contributed by atoms with Crippen molar-refractivity contribution >= 4 is 39.6 Å². The van der Waals surface area contributed by atoms with Crippen molar-refractivity contribution in [3.05, 3.63) is 47.9 Å². The minimum atomic E-state index is -4.09. The Morgan fingerprint density at radius 1 is 1.07 bits per heavy atom. The lowest BCUT2D eigenvalue weighted by atomic mass is 10.0.